The van der Waals surface area contributed by atoms with Crippen LogP contribution in [0.4, 0.5) is 4.39 Å². The first-order valence-corrected chi connectivity index (χ1v) is 4.96. The first kappa shape index (κ1) is 12.0. The van der Waals surface area contributed by atoms with Crippen molar-refractivity contribution in [3.05, 3.63) is 34.9 Å². The lowest BCUT2D eigenvalue weighted by Gasteiger charge is -2.14. The van der Waals surface area contributed by atoms with Crippen molar-refractivity contribution in [1.29, 1.82) is 0 Å². The van der Waals surface area contributed by atoms with E-state index in [-0.39, 0.29) is 6.42 Å². The fraction of sp³-hybridized carbons (Fsp3) is 0.364. The Morgan fingerprint density at radius 3 is 2.80 bits per heavy atom. The van der Waals surface area contributed by atoms with Gasteiger partial charge in [-0.05, 0) is 37.5 Å². The van der Waals surface area contributed by atoms with Crippen LogP contribution >= 0.6 is 11.6 Å². The van der Waals surface area contributed by atoms with E-state index in [2.05, 4.69) is 0 Å². The Morgan fingerprint density at radius 2 is 2.27 bits per heavy atom. The molecule has 15 heavy (non-hydrogen) atoms. The van der Waals surface area contributed by atoms with Crippen LogP contribution in [0.2, 0.25) is 5.02 Å². The van der Waals surface area contributed by atoms with Gasteiger partial charge >= 0.3 is 5.97 Å². The molecule has 0 saturated heterocycles. The molecule has 0 spiro atoms. The highest BCUT2D eigenvalue weighted by atomic mass is 35.5. The van der Waals surface area contributed by atoms with Gasteiger partial charge in [0.15, 0.2) is 0 Å². The van der Waals surface area contributed by atoms with Crippen LogP contribution in [0.1, 0.15) is 18.9 Å². The van der Waals surface area contributed by atoms with Crippen molar-refractivity contribution in [3.8, 4) is 0 Å². The minimum atomic E-state index is -2.18. The van der Waals surface area contributed by atoms with E-state index in [1.165, 1.54) is 0 Å². The predicted molar refractivity (Wildman–Crippen MR) is 56.9 cm³/mol. The van der Waals surface area contributed by atoms with Gasteiger partial charge in [0, 0.05) is 5.02 Å². The fourth-order valence-electron chi connectivity index (χ4n) is 1.18. The smallest absolute Gasteiger partial charge is 0.341 e. The molecule has 0 amide bonds. The molecule has 1 aromatic carbocycles. The summed E-state index contributed by atoms with van der Waals surface area (Å²) in [6.45, 7) is 1.07. The molecule has 1 unspecified atom stereocenters. The van der Waals surface area contributed by atoms with E-state index in [9.17, 15) is 9.18 Å². The molecule has 1 atom stereocenters. The van der Waals surface area contributed by atoms with Crippen molar-refractivity contribution in [2.45, 2.75) is 25.4 Å². The molecule has 1 aromatic rings. The van der Waals surface area contributed by atoms with Crippen molar-refractivity contribution in [3.63, 3.8) is 0 Å². The molecule has 0 aromatic heterocycles. The molecule has 0 bridgehead atoms. The molecule has 0 saturated carbocycles. The van der Waals surface area contributed by atoms with Gasteiger partial charge in [0.2, 0.25) is 5.67 Å². The van der Waals surface area contributed by atoms with Crippen LogP contribution in [0.3, 0.4) is 0 Å². The van der Waals surface area contributed by atoms with Gasteiger partial charge in [-0.1, -0.05) is 23.7 Å². The maximum Gasteiger partial charge on any atom is 0.341 e. The first-order chi connectivity index (χ1) is 6.92. The van der Waals surface area contributed by atoms with Gasteiger partial charge in [0.25, 0.3) is 0 Å². The van der Waals surface area contributed by atoms with Gasteiger partial charge in [-0.3, -0.25) is 0 Å². The summed E-state index contributed by atoms with van der Waals surface area (Å²) >= 11 is 5.75. The molecule has 4 heteroatoms. The monoisotopic (exact) mass is 230 g/mol. The summed E-state index contributed by atoms with van der Waals surface area (Å²) in [6, 6.07) is 6.98. The lowest BCUT2D eigenvalue weighted by molar-refractivity contribution is -0.150. The number of halogens is 2. The summed E-state index contributed by atoms with van der Waals surface area (Å²) in [5.74, 6) is -1.43. The van der Waals surface area contributed by atoms with Crippen LogP contribution in [0.5, 0.6) is 0 Å². The summed E-state index contributed by atoms with van der Waals surface area (Å²) in [7, 11) is 0. The van der Waals surface area contributed by atoms with Crippen LogP contribution in [0.25, 0.3) is 0 Å². The van der Waals surface area contributed by atoms with E-state index in [1.54, 1.807) is 24.3 Å². The molecule has 0 aliphatic carbocycles. The van der Waals surface area contributed by atoms with E-state index in [1.807, 2.05) is 0 Å². The van der Waals surface area contributed by atoms with Crippen LogP contribution in [0, 0.1) is 0 Å². The summed E-state index contributed by atoms with van der Waals surface area (Å²) < 4.78 is 13.4. The highest BCUT2D eigenvalue weighted by Gasteiger charge is 2.31. The second-order valence-electron chi connectivity index (χ2n) is 3.63. The number of aliphatic carboxylic acids is 1. The van der Waals surface area contributed by atoms with Gasteiger partial charge in [0.05, 0.1) is 0 Å². The molecule has 0 aliphatic heterocycles. The Balaban J connectivity index is 2.61. The van der Waals surface area contributed by atoms with Crippen LogP contribution < -0.4 is 0 Å². The number of carbonyl (C=O) groups is 1. The fourth-order valence-corrected chi connectivity index (χ4v) is 1.39. The number of hydrogen-bond acceptors (Lipinski definition) is 1. The Labute approximate surface area is 92.7 Å². The number of carboxylic acids is 1. The number of aryl methyl sites for hydroxylation is 1. The van der Waals surface area contributed by atoms with Gasteiger partial charge < -0.3 is 5.11 Å². The summed E-state index contributed by atoms with van der Waals surface area (Å²) in [5.41, 5.74) is -1.34. The highest BCUT2D eigenvalue weighted by molar-refractivity contribution is 6.30. The van der Waals surface area contributed by atoms with E-state index in [0.29, 0.717) is 11.4 Å². The number of carboxylic acid groups (broad SMARTS) is 1. The van der Waals surface area contributed by atoms with Gasteiger partial charge in [-0.15, -0.1) is 0 Å². The van der Waals surface area contributed by atoms with Crippen molar-refractivity contribution in [2.75, 3.05) is 0 Å². The molecule has 1 rings (SSSR count). The highest BCUT2D eigenvalue weighted by Crippen LogP contribution is 2.20. The average Bonchev–Trinajstić information content (AvgIpc) is 2.15. The Bertz CT molecular complexity index is 363. The summed E-state index contributed by atoms with van der Waals surface area (Å²) in [5, 5.41) is 9.15. The quantitative estimate of drug-likeness (QED) is 0.863. The van der Waals surface area contributed by atoms with E-state index in [0.717, 1.165) is 12.5 Å². The zero-order valence-electron chi connectivity index (χ0n) is 8.34. The standard InChI is InChI=1S/C11H12ClFO2/c1-11(13,10(14)15)6-5-8-3-2-4-9(12)7-8/h2-4,7H,5-6H2,1H3,(H,14,15). The molecule has 82 valence electrons. The van der Waals surface area contributed by atoms with Crippen LogP contribution in [-0.2, 0) is 11.2 Å². The molecular weight excluding hydrogens is 219 g/mol. The maximum atomic E-state index is 13.4. The van der Waals surface area contributed by atoms with Crippen molar-refractivity contribution in [1.82, 2.24) is 0 Å². The minimum Gasteiger partial charge on any atom is -0.479 e. The van der Waals surface area contributed by atoms with Crippen molar-refractivity contribution < 1.29 is 14.3 Å². The van der Waals surface area contributed by atoms with Gasteiger partial charge in [0.1, 0.15) is 0 Å². The minimum absolute atomic E-state index is 0.0529. The van der Waals surface area contributed by atoms with E-state index in [4.69, 9.17) is 16.7 Å². The van der Waals surface area contributed by atoms with Crippen molar-refractivity contribution in [2.24, 2.45) is 0 Å². The SMILES string of the molecule is CC(F)(CCc1cccc(Cl)c1)C(=O)O. The molecule has 0 fully saturated rings. The Kier molecular flexibility index (Phi) is 3.69. The molecular formula is C11H12ClFO2. The molecule has 2 nitrogen and oxygen atoms in total. The Hall–Kier alpha value is -1.09. The molecule has 0 radical (unpaired) electrons. The number of hydrogen-bond donors (Lipinski definition) is 1. The number of benzene rings is 1. The van der Waals surface area contributed by atoms with E-state index >= 15 is 0 Å². The average molecular weight is 231 g/mol. The third-order valence-corrected chi connectivity index (χ3v) is 2.45. The number of rotatable bonds is 4. The molecule has 1 N–H and O–H groups in total. The van der Waals surface area contributed by atoms with Crippen molar-refractivity contribution >= 4 is 17.6 Å². The summed E-state index contributed by atoms with van der Waals surface area (Å²) in [6.07, 6.45) is 0.308. The van der Waals surface area contributed by atoms with Gasteiger partial charge in [-0.25, -0.2) is 9.18 Å². The van der Waals surface area contributed by atoms with Crippen LogP contribution in [0.15, 0.2) is 24.3 Å². The topological polar surface area (TPSA) is 37.3 Å². The Morgan fingerprint density at radius 1 is 1.60 bits per heavy atom. The largest absolute Gasteiger partial charge is 0.479 e. The molecule has 0 aliphatic rings. The van der Waals surface area contributed by atoms with Crippen LogP contribution in [-0.4, -0.2) is 16.7 Å². The predicted octanol–water partition coefficient (Wildman–Crippen LogP) is 3.09. The first-order valence-electron chi connectivity index (χ1n) is 4.58. The van der Waals surface area contributed by atoms with Gasteiger partial charge in [-0.2, -0.15) is 0 Å². The molecule has 0 heterocycles. The third kappa shape index (κ3) is 3.51. The third-order valence-electron chi connectivity index (χ3n) is 2.22. The lowest BCUT2D eigenvalue weighted by atomic mass is 9.99. The number of alkyl halides is 1. The normalized spacial score (nSPS) is 14.6. The summed E-state index contributed by atoms with van der Waals surface area (Å²) in [4.78, 5) is 10.5. The zero-order chi connectivity index (χ0) is 11.5. The second kappa shape index (κ2) is 4.62. The zero-order valence-corrected chi connectivity index (χ0v) is 9.09. The second-order valence-corrected chi connectivity index (χ2v) is 4.07. The van der Waals surface area contributed by atoms with E-state index < -0.39 is 11.6 Å². The maximum absolute atomic E-state index is 13.4. The lowest BCUT2D eigenvalue weighted by Crippen LogP contribution is -2.30.